The van der Waals surface area contributed by atoms with Crippen LogP contribution in [0.4, 0.5) is 5.82 Å². The molecule has 0 spiro atoms. The molecule has 1 aromatic heterocycles. The van der Waals surface area contributed by atoms with Gasteiger partial charge in [-0.25, -0.2) is 4.98 Å². The van der Waals surface area contributed by atoms with Gasteiger partial charge in [0.15, 0.2) is 0 Å². The molecule has 1 amide bonds. The van der Waals surface area contributed by atoms with Crippen LogP contribution in [0.5, 0.6) is 0 Å². The topological polar surface area (TPSA) is 79.5 Å². The second-order valence-electron chi connectivity index (χ2n) is 4.85. The molecule has 1 fully saturated rings. The Morgan fingerprint density at radius 2 is 2.42 bits per heavy atom. The zero-order valence-electron chi connectivity index (χ0n) is 10.3. The molecule has 19 heavy (non-hydrogen) atoms. The number of nitrogens with two attached hydrogens (primary N) is 1. The van der Waals surface area contributed by atoms with Gasteiger partial charge in [-0.1, -0.05) is 11.6 Å². The van der Waals surface area contributed by atoms with Gasteiger partial charge in [0.1, 0.15) is 5.82 Å². The van der Waals surface area contributed by atoms with Crippen molar-refractivity contribution in [3.63, 3.8) is 0 Å². The number of pyridine rings is 1. The molecule has 104 valence electrons. The molecule has 1 unspecified atom stereocenters. The monoisotopic (exact) mass is 347 g/mol. The summed E-state index contributed by atoms with van der Waals surface area (Å²) in [5, 5.41) is 10.9. The maximum Gasteiger partial charge on any atom is 0.220 e. The van der Waals surface area contributed by atoms with E-state index in [1.165, 1.54) is 0 Å². The summed E-state index contributed by atoms with van der Waals surface area (Å²) in [4.78, 5) is 17.2. The van der Waals surface area contributed by atoms with Gasteiger partial charge in [-0.05, 0) is 34.8 Å². The number of carbonyl (C=O) groups is 1. The van der Waals surface area contributed by atoms with Gasteiger partial charge < -0.3 is 15.7 Å². The van der Waals surface area contributed by atoms with E-state index in [0.717, 1.165) is 17.4 Å². The van der Waals surface area contributed by atoms with E-state index >= 15 is 0 Å². The van der Waals surface area contributed by atoms with E-state index in [2.05, 4.69) is 20.9 Å². The van der Waals surface area contributed by atoms with Crippen molar-refractivity contribution in [2.24, 2.45) is 5.73 Å². The van der Waals surface area contributed by atoms with Crippen LogP contribution < -0.4 is 10.6 Å². The third kappa shape index (κ3) is 3.58. The Balaban J connectivity index is 2.19. The summed E-state index contributed by atoms with van der Waals surface area (Å²) in [6, 6.07) is 1.76. The number of aliphatic hydroxyl groups is 1. The van der Waals surface area contributed by atoms with E-state index in [1.807, 2.05) is 4.90 Å². The molecule has 1 aromatic rings. The van der Waals surface area contributed by atoms with E-state index in [9.17, 15) is 9.90 Å². The Bertz CT molecular complexity index is 500. The van der Waals surface area contributed by atoms with E-state index in [0.29, 0.717) is 23.8 Å². The van der Waals surface area contributed by atoms with Gasteiger partial charge in [0.05, 0.1) is 21.5 Å². The van der Waals surface area contributed by atoms with Crippen LogP contribution >= 0.6 is 27.5 Å². The molecular weight excluding hydrogens is 334 g/mol. The summed E-state index contributed by atoms with van der Waals surface area (Å²) < 4.78 is 0.767. The number of amides is 1. The molecule has 2 rings (SSSR count). The molecule has 1 saturated heterocycles. The zero-order valence-corrected chi connectivity index (χ0v) is 12.6. The highest BCUT2D eigenvalue weighted by molar-refractivity contribution is 9.10. The van der Waals surface area contributed by atoms with Crippen LogP contribution in [0.2, 0.25) is 5.02 Å². The summed E-state index contributed by atoms with van der Waals surface area (Å²) in [5.41, 5.74) is 4.10. The third-order valence-corrected chi connectivity index (χ3v) is 3.94. The molecule has 0 saturated carbocycles. The fourth-order valence-electron chi connectivity index (χ4n) is 2.40. The van der Waals surface area contributed by atoms with E-state index < -0.39 is 11.5 Å². The second-order valence-corrected chi connectivity index (χ2v) is 6.14. The van der Waals surface area contributed by atoms with Crippen molar-refractivity contribution >= 4 is 39.3 Å². The molecule has 7 heteroatoms. The number of halogens is 2. The lowest BCUT2D eigenvalue weighted by atomic mass is 9.89. The number of hydrogen-bond acceptors (Lipinski definition) is 4. The van der Waals surface area contributed by atoms with Crippen LogP contribution in [0.3, 0.4) is 0 Å². The average Bonchev–Trinajstić information content (AvgIpc) is 2.26. The van der Waals surface area contributed by atoms with Crippen molar-refractivity contribution < 1.29 is 9.90 Å². The lowest BCUT2D eigenvalue weighted by Crippen LogP contribution is -2.50. The fraction of sp³-hybridized carbons (Fsp3) is 0.500. The number of primary amides is 1. The summed E-state index contributed by atoms with van der Waals surface area (Å²) in [7, 11) is 0. The minimum Gasteiger partial charge on any atom is -0.388 e. The number of nitrogens with zero attached hydrogens (tertiary/aromatic N) is 2. The van der Waals surface area contributed by atoms with Crippen molar-refractivity contribution in [2.75, 3.05) is 18.0 Å². The molecule has 0 aromatic carbocycles. The maximum atomic E-state index is 11.0. The summed E-state index contributed by atoms with van der Waals surface area (Å²) in [5.74, 6) is 0.222. The Morgan fingerprint density at radius 3 is 3.05 bits per heavy atom. The molecular formula is C12H15BrClN3O2. The standard InChI is InChI=1S/C12H15BrClN3O2/c13-9-4-8(14)6-16-11(9)17-3-1-2-12(19,7-17)5-10(15)18/h4,6,19H,1-3,5,7H2,(H2,15,18). The number of piperidine rings is 1. The van der Waals surface area contributed by atoms with Crippen molar-refractivity contribution in [2.45, 2.75) is 24.9 Å². The molecule has 0 aliphatic carbocycles. The van der Waals surface area contributed by atoms with Crippen LogP contribution in [0, 0.1) is 0 Å². The van der Waals surface area contributed by atoms with Crippen LogP contribution in [0.15, 0.2) is 16.7 Å². The Hall–Kier alpha value is -0.850. The predicted octanol–water partition coefficient (Wildman–Crippen LogP) is 1.70. The minimum atomic E-state index is -1.08. The SMILES string of the molecule is NC(=O)CC1(O)CCCN(c2ncc(Cl)cc2Br)C1. The summed E-state index contributed by atoms with van der Waals surface area (Å²) >= 11 is 9.27. The highest BCUT2D eigenvalue weighted by Crippen LogP contribution is 2.32. The smallest absolute Gasteiger partial charge is 0.220 e. The number of hydrogen-bond donors (Lipinski definition) is 2. The molecule has 0 bridgehead atoms. The first-order valence-corrected chi connectivity index (χ1v) is 7.13. The van der Waals surface area contributed by atoms with Gasteiger partial charge in [0.25, 0.3) is 0 Å². The molecule has 1 aliphatic rings. The Kier molecular flexibility index (Phi) is 4.32. The van der Waals surface area contributed by atoms with Gasteiger partial charge >= 0.3 is 0 Å². The van der Waals surface area contributed by atoms with Crippen molar-refractivity contribution in [1.82, 2.24) is 4.98 Å². The van der Waals surface area contributed by atoms with Crippen molar-refractivity contribution in [1.29, 1.82) is 0 Å². The van der Waals surface area contributed by atoms with Crippen LogP contribution in [0.1, 0.15) is 19.3 Å². The number of anilines is 1. The van der Waals surface area contributed by atoms with Gasteiger partial charge in [0, 0.05) is 19.3 Å². The second kappa shape index (κ2) is 5.64. The number of carbonyl (C=O) groups excluding carboxylic acids is 1. The fourth-order valence-corrected chi connectivity index (χ4v) is 3.29. The van der Waals surface area contributed by atoms with Crippen molar-refractivity contribution in [3.8, 4) is 0 Å². The normalized spacial score (nSPS) is 23.4. The number of β-amino-alcohol motifs (C(OH)–C–C–N with tert-alkyl or cyclic N) is 1. The zero-order chi connectivity index (χ0) is 14.0. The lowest BCUT2D eigenvalue weighted by molar-refractivity contribution is -0.123. The third-order valence-electron chi connectivity index (χ3n) is 3.15. The van der Waals surface area contributed by atoms with Crippen LogP contribution in [-0.4, -0.2) is 34.7 Å². The average molecular weight is 349 g/mol. The Morgan fingerprint density at radius 1 is 1.68 bits per heavy atom. The predicted molar refractivity (Wildman–Crippen MR) is 77.2 cm³/mol. The van der Waals surface area contributed by atoms with Crippen LogP contribution in [0.25, 0.3) is 0 Å². The van der Waals surface area contributed by atoms with Gasteiger partial charge in [-0.2, -0.15) is 0 Å². The highest BCUT2D eigenvalue weighted by atomic mass is 79.9. The van der Waals surface area contributed by atoms with Crippen molar-refractivity contribution in [3.05, 3.63) is 21.8 Å². The number of rotatable bonds is 3. The van der Waals surface area contributed by atoms with Gasteiger partial charge in [0.2, 0.25) is 5.91 Å². The molecule has 5 nitrogen and oxygen atoms in total. The maximum absolute atomic E-state index is 11.0. The minimum absolute atomic E-state index is 0.0330. The Labute approximate surface area is 124 Å². The molecule has 1 atom stereocenters. The summed E-state index contributed by atoms with van der Waals surface area (Å²) in [6.45, 7) is 1.11. The lowest BCUT2D eigenvalue weighted by Gasteiger charge is -2.39. The van der Waals surface area contributed by atoms with Crippen LogP contribution in [-0.2, 0) is 4.79 Å². The highest BCUT2D eigenvalue weighted by Gasteiger charge is 2.35. The van der Waals surface area contributed by atoms with E-state index in [-0.39, 0.29) is 6.42 Å². The van der Waals surface area contributed by atoms with Gasteiger partial charge in [-0.3, -0.25) is 4.79 Å². The first-order chi connectivity index (χ1) is 8.89. The molecule has 3 N–H and O–H groups in total. The molecule has 2 heterocycles. The molecule has 0 radical (unpaired) electrons. The summed E-state index contributed by atoms with van der Waals surface area (Å²) in [6.07, 6.45) is 2.87. The van der Waals surface area contributed by atoms with E-state index in [1.54, 1.807) is 12.3 Å². The van der Waals surface area contributed by atoms with E-state index in [4.69, 9.17) is 17.3 Å². The largest absolute Gasteiger partial charge is 0.388 e. The quantitative estimate of drug-likeness (QED) is 0.871. The van der Waals surface area contributed by atoms with Gasteiger partial charge in [-0.15, -0.1) is 0 Å². The first-order valence-electron chi connectivity index (χ1n) is 5.96. The molecule has 1 aliphatic heterocycles. The first kappa shape index (κ1) is 14.6. The number of aromatic nitrogens is 1.